The number of hydrogen-bond acceptors (Lipinski definition) is 3. The third-order valence-electron chi connectivity index (χ3n) is 2.37. The molecule has 96 valence electrons. The second-order valence-electron chi connectivity index (χ2n) is 3.66. The van der Waals surface area contributed by atoms with Crippen molar-refractivity contribution in [3.05, 3.63) is 46.2 Å². The summed E-state index contributed by atoms with van der Waals surface area (Å²) < 4.78 is 28.9. The summed E-state index contributed by atoms with van der Waals surface area (Å²) in [5, 5.41) is 16.1. The van der Waals surface area contributed by atoms with Gasteiger partial charge in [-0.2, -0.15) is 5.10 Å². The van der Waals surface area contributed by atoms with Gasteiger partial charge >= 0.3 is 0 Å². The lowest BCUT2D eigenvalue weighted by Gasteiger charge is -2.13. The van der Waals surface area contributed by atoms with E-state index >= 15 is 0 Å². The highest BCUT2D eigenvalue weighted by Crippen LogP contribution is 2.23. The average Bonchev–Trinajstić information content (AvgIpc) is 2.64. The molecule has 0 amide bonds. The summed E-state index contributed by atoms with van der Waals surface area (Å²) in [6.07, 6.45) is -1.30. The first-order chi connectivity index (χ1) is 8.49. The maximum Gasteiger partial charge on any atom is 0.170 e. The van der Waals surface area contributed by atoms with Crippen molar-refractivity contribution in [3.8, 4) is 0 Å². The Kier molecular flexibility index (Phi) is 3.63. The minimum absolute atomic E-state index is 0.257. The number of nitrogens with one attached hydrogen (secondary N) is 1. The van der Waals surface area contributed by atoms with Crippen LogP contribution in [0.1, 0.15) is 11.9 Å². The fourth-order valence-corrected chi connectivity index (χ4v) is 1.76. The lowest BCUT2D eigenvalue weighted by Crippen LogP contribution is -2.13. The molecule has 0 fully saturated rings. The van der Waals surface area contributed by atoms with Crippen molar-refractivity contribution in [3.63, 3.8) is 0 Å². The topological polar surface area (TPSA) is 50.1 Å². The van der Waals surface area contributed by atoms with E-state index in [4.69, 9.17) is 0 Å². The zero-order chi connectivity index (χ0) is 13.3. The molecule has 18 heavy (non-hydrogen) atoms. The smallest absolute Gasteiger partial charge is 0.170 e. The molecular weight excluding hydrogens is 308 g/mol. The molecule has 0 spiro atoms. The number of aryl methyl sites for hydroxylation is 1. The number of hydrogen-bond donors (Lipinski definition) is 2. The number of nitrogens with zero attached hydrogens (tertiary/aromatic N) is 2. The Balaban J connectivity index is 2.23. The van der Waals surface area contributed by atoms with Crippen molar-refractivity contribution in [1.29, 1.82) is 0 Å². The maximum absolute atomic E-state index is 13.4. The van der Waals surface area contributed by atoms with Gasteiger partial charge in [-0.15, -0.1) is 0 Å². The van der Waals surface area contributed by atoms with E-state index < -0.39 is 17.9 Å². The summed E-state index contributed by atoms with van der Waals surface area (Å²) in [7, 11) is 1.67. The molecule has 4 nitrogen and oxygen atoms in total. The molecule has 0 aliphatic rings. The van der Waals surface area contributed by atoms with Gasteiger partial charge in [0.2, 0.25) is 0 Å². The van der Waals surface area contributed by atoms with E-state index in [1.807, 2.05) is 0 Å². The molecule has 1 heterocycles. The van der Waals surface area contributed by atoms with Gasteiger partial charge in [0.25, 0.3) is 0 Å². The van der Waals surface area contributed by atoms with Crippen LogP contribution in [0.4, 0.5) is 14.5 Å². The second-order valence-corrected chi connectivity index (χ2v) is 4.47. The standard InChI is InChI=1S/C11H10BrF2N3O/c1-17-9(12)5-8(16-17)11(18)15-10-6(13)3-2-4-7(10)14/h2-5,11,15,18H,1H3. The van der Waals surface area contributed by atoms with Crippen molar-refractivity contribution in [1.82, 2.24) is 9.78 Å². The van der Waals surface area contributed by atoms with Gasteiger partial charge in [0.15, 0.2) is 6.23 Å². The van der Waals surface area contributed by atoms with Crippen LogP contribution in [0.5, 0.6) is 0 Å². The third-order valence-corrected chi connectivity index (χ3v) is 3.11. The van der Waals surface area contributed by atoms with Crippen molar-refractivity contribution in [2.75, 3.05) is 5.32 Å². The molecular formula is C11H10BrF2N3O. The van der Waals surface area contributed by atoms with Crippen LogP contribution in [0.2, 0.25) is 0 Å². The number of benzene rings is 1. The van der Waals surface area contributed by atoms with E-state index in [0.29, 0.717) is 4.60 Å². The molecule has 0 saturated heterocycles. The predicted molar refractivity (Wildman–Crippen MR) is 65.8 cm³/mol. The second kappa shape index (κ2) is 5.03. The zero-order valence-electron chi connectivity index (χ0n) is 9.36. The van der Waals surface area contributed by atoms with Crippen molar-refractivity contribution in [2.45, 2.75) is 6.23 Å². The Labute approximate surface area is 110 Å². The van der Waals surface area contributed by atoms with E-state index in [9.17, 15) is 13.9 Å². The van der Waals surface area contributed by atoms with Crippen LogP contribution >= 0.6 is 15.9 Å². The Morgan fingerprint density at radius 2 is 2.00 bits per heavy atom. The van der Waals surface area contributed by atoms with Gasteiger partial charge in [0, 0.05) is 7.05 Å². The van der Waals surface area contributed by atoms with Gasteiger partial charge in [-0.1, -0.05) is 6.07 Å². The summed E-state index contributed by atoms with van der Waals surface area (Å²) in [5.74, 6) is -1.55. The first kappa shape index (κ1) is 13.0. The molecule has 1 unspecified atom stereocenters. The van der Waals surface area contributed by atoms with Gasteiger partial charge in [-0.05, 0) is 34.1 Å². The number of anilines is 1. The Morgan fingerprint density at radius 1 is 1.39 bits per heavy atom. The zero-order valence-corrected chi connectivity index (χ0v) is 10.9. The summed E-state index contributed by atoms with van der Waals surface area (Å²) in [4.78, 5) is 0. The number of rotatable bonds is 3. The molecule has 0 bridgehead atoms. The van der Waals surface area contributed by atoms with E-state index in [1.54, 1.807) is 13.1 Å². The maximum atomic E-state index is 13.4. The van der Waals surface area contributed by atoms with E-state index in [-0.39, 0.29) is 11.4 Å². The lowest BCUT2D eigenvalue weighted by molar-refractivity contribution is 0.201. The van der Waals surface area contributed by atoms with Gasteiger partial charge in [0.1, 0.15) is 27.6 Å². The summed E-state index contributed by atoms with van der Waals surface area (Å²) in [6, 6.07) is 5.01. The summed E-state index contributed by atoms with van der Waals surface area (Å²) in [6.45, 7) is 0. The number of halogens is 3. The fourth-order valence-electron chi connectivity index (χ4n) is 1.45. The first-order valence-corrected chi connectivity index (χ1v) is 5.86. The molecule has 1 aromatic carbocycles. The minimum Gasteiger partial charge on any atom is -0.368 e. The normalized spacial score (nSPS) is 12.5. The molecule has 0 aliphatic carbocycles. The van der Waals surface area contributed by atoms with Gasteiger partial charge in [-0.25, -0.2) is 8.78 Å². The van der Waals surface area contributed by atoms with Crippen LogP contribution in [-0.4, -0.2) is 14.9 Å². The van der Waals surface area contributed by atoms with Crippen LogP contribution in [0.3, 0.4) is 0 Å². The molecule has 0 saturated carbocycles. The van der Waals surface area contributed by atoms with E-state index in [0.717, 1.165) is 12.1 Å². The van der Waals surface area contributed by atoms with Gasteiger partial charge in [-0.3, -0.25) is 4.68 Å². The number of aliphatic hydroxyl groups excluding tert-OH is 1. The third kappa shape index (κ3) is 2.51. The molecule has 0 radical (unpaired) electrons. The summed E-state index contributed by atoms with van der Waals surface area (Å²) in [5.41, 5.74) is -0.126. The average molecular weight is 318 g/mol. The van der Waals surface area contributed by atoms with E-state index in [1.165, 1.54) is 10.7 Å². The molecule has 2 rings (SSSR count). The lowest BCUT2D eigenvalue weighted by atomic mass is 10.2. The quantitative estimate of drug-likeness (QED) is 0.855. The Bertz CT molecular complexity index is 534. The molecule has 1 aromatic heterocycles. The Morgan fingerprint density at radius 3 is 2.50 bits per heavy atom. The molecule has 7 heteroatoms. The number of para-hydroxylation sites is 1. The monoisotopic (exact) mass is 317 g/mol. The van der Waals surface area contributed by atoms with Crippen molar-refractivity contribution >= 4 is 21.6 Å². The molecule has 0 aliphatic heterocycles. The van der Waals surface area contributed by atoms with Crippen molar-refractivity contribution < 1.29 is 13.9 Å². The first-order valence-electron chi connectivity index (χ1n) is 5.07. The van der Waals surface area contributed by atoms with Crippen LogP contribution in [-0.2, 0) is 7.05 Å². The van der Waals surface area contributed by atoms with Gasteiger partial charge < -0.3 is 10.4 Å². The molecule has 2 aromatic rings. The van der Waals surface area contributed by atoms with Crippen LogP contribution < -0.4 is 5.32 Å². The van der Waals surface area contributed by atoms with Crippen LogP contribution in [0.15, 0.2) is 28.9 Å². The minimum atomic E-state index is -1.30. The number of aliphatic hydroxyl groups is 1. The summed E-state index contributed by atoms with van der Waals surface area (Å²) >= 11 is 3.21. The van der Waals surface area contributed by atoms with Crippen molar-refractivity contribution in [2.24, 2.45) is 7.05 Å². The van der Waals surface area contributed by atoms with Gasteiger partial charge in [0.05, 0.1) is 0 Å². The van der Waals surface area contributed by atoms with Crippen LogP contribution in [0, 0.1) is 11.6 Å². The van der Waals surface area contributed by atoms with Crippen LogP contribution in [0.25, 0.3) is 0 Å². The predicted octanol–water partition coefficient (Wildman–Crippen LogP) is 2.56. The molecule has 2 N–H and O–H groups in total. The highest BCUT2D eigenvalue weighted by atomic mass is 79.9. The Hall–Kier alpha value is -1.47. The highest BCUT2D eigenvalue weighted by molar-refractivity contribution is 9.10. The SMILES string of the molecule is Cn1nc(C(O)Nc2c(F)cccc2F)cc1Br. The van der Waals surface area contributed by atoms with E-state index in [2.05, 4.69) is 26.3 Å². The highest BCUT2D eigenvalue weighted by Gasteiger charge is 2.16. The largest absolute Gasteiger partial charge is 0.368 e. The molecule has 1 atom stereocenters. The number of aromatic nitrogens is 2. The fraction of sp³-hybridized carbons (Fsp3) is 0.182.